The highest BCUT2D eigenvalue weighted by atomic mass is 32.2. The van der Waals surface area contributed by atoms with Crippen LogP contribution in [0.15, 0.2) is 29.4 Å². The molecule has 0 bridgehead atoms. The number of hydrogen-bond donors (Lipinski definition) is 1. The number of H-pyrrole nitrogens is 1. The van der Waals surface area contributed by atoms with Gasteiger partial charge in [-0.25, -0.2) is 13.4 Å². The highest BCUT2D eigenvalue weighted by Gasteiger charge is 2.36. The zero-order valence-corrected chi connectivity index (χ0v) is 13.6. The molecular formula is C15H20N4O2S. The molecule has 0 spiro atoms. The van der Waals surface area contributed by atoms with E-state index in [1.54, 1.807) is 10.4 Å². The average Bonchev–Trinajstić information content (AvgIpc) is 3.04. The van der Waals surface area contributed by atoms with Crippen molar-refractivity contribution in [2.75, 3.05) is 6.54 Å². The van der Waals surface area contributed by atoms with Crippen molar-refractivity contribution in [2.45, 2.75) is 44.0 Å². The molecule has 0 aliphatic carbocycles. The van der Waals surface area contributed by atoms with Gasteiger partial charge >= 0.3 is 0 Å². The van der Waals surface area contributed by atoms with Crippen LogP contribution < -0.4 is 0 Å². The molecule has 0 unspecified atom stereocenters. The van der Waals surface area contributed by atoms with Gasteiger partial charge in [0.1, 0.15) is 12.2 Å². The number of aryl methyl sites for hydroxylation is 2. The van der Waals surface area contributed by atoms with E-state index in [2.05, 4.69) is 15.2 Å². The standard InChI is InChI=1S/C15H20N4O2S/c1-11-6-7-12(2)14(9-11)22(20,21)19-8-4-3-5-13(19)15-16-10-17-18-15/h6-7,9-10,13H,3-5,8H2,1-2H3,(H,16,17,18)/t13-/m1/s1. The lowest BCUT2D eigenvalue weighted by molar-refractivity contribution is 0.247. The largest absolute Gasteiger partial charge is 0.262 e. The van der Waals surface area contributed by atoms with Gasteiger partial charge in [-0.15, -0.1) is 0 Å². The third-order valence-corrected chi connectivity index (χ3v) is 6.18. The molecule has 3 rings (SSSR count). The number of nitrogens with one attached hydrogen (secondary N) is 1. The first-order valence-electron chi connectivity index (χ1n) is 7.44. The third kappa shape index (κ3) is 2.66. The summed E-state index contributed by atoms with van der Waals surface area (Å²) < 4.78 is 27.8. The number of aromatic nitrogens is 3. The van der Waals surface area contributed by atoms with E-state index in [1.807, 2.05) is 26.0 Å². The zero-order valence-electron chi connectivity index (χ0n) is 12.8. The molecule has 1 aliphatic heterocycles. The fourth-order valence-electron chi connectivity index (χ4n) is 2.95. The second-order valence-electron chi connectivity index (χ2n) is 5.77. The Bertz CT molecular complexity index is 756. The van der Waals surface area contributed by atoms with Gasteiger partial charge in [0.25, 0.3) is 0 Å². The van der Waals surface area contributed by atoms with Crippen LogP contribution in [0.1, 0.15) is 42.3 Å². The Labute approximate surface area is 130 Å². The molecule has 118 valence electrons. The van der Waals surface area contributed by atoms with Crippen LogP contribution in [0.4, 0.5) is 0 Å². The number of piperidine rings is 1. The van der Waals surface area contributed by atoms with E-state index in [-0.39, 0.29) is 6.04 Å². The number of hydrogen-bond acceptors (Lipinski definition) is 4. The molecule has 1 fully saturated rings. The first-order valence-corrected chi connectivity index (χ1v) is 8.88. The van der Waals surface area contributed by atoms with E-state index in [0.29, 0.717) is 17.3 Å². The van der Waals surface area contributed by atoms with E-state index < -0.39 is 10.0 Å². The predicted molar refractivity (Wildman–Crippen MR) is 82.8 cm³/mol. The van der Waals surface area contributed by atoms with Crippen molar-refractivity contribution in [3.63, 3.8) is 0 Å². The van der Waals surface area contributed by atoms with Crippen molar-refractivity contribution in [3.8, 4) is 0 Å². The monoisotopic (exact) mass is 320 g/mol. The van der Waals surface area contributed by atoms with E-state index in [0.717, 1.165) is 30.4 Å². The smallest absolute Gasteiger partial charge is 0.244 e. The Kier molecular flexibility index (Phi) is 4.01. The zero-order chi connectivity index (χ0) is 15.7. The fourth-order valence-corrected chi connectivity index (χ4v) is 4.93. The molecule has 1 aromatic carbocycles. The minimum absolute atomic E-state index is 0.263. The van der Waals surface area contributed by atoms with E-state index >= 15 is 0 Å². The van der Waals surface area contributed by atoms with Crippen LogP contribution in [-0.4, -0.2) is 34.4 Å². The highest BCUT2D eigenvalue weighted by Crippen LogP contribution is 2.34. The van der Waals surface area contributed by atoms with E-state index in [4.69, 9.17) is 0 Å². The molecule has 0 radical (unpaired) electrons. The third-order valence-electron chi connectivity index (χ3n) is 4.13. The molecule has 1 N–H and O–H groups in total. The molecule has 6 nitrogen and oxygen atoms in total. The molecule has 0 amide bonds. The molecule has 1 saturated heterocycles. The van der Waals surface area contributed by atoms with Crippen LogP contribution in [0, 0.1) is 13.8 Å². The molecule has 1 aromatic heterocycles. The van der Waals surface area contributed by atoms with Gasteiger partial charge < -0.3 is 0 Å². The van der Waals surface area contributed by atoms with Gasteiger partial charge in [0.05, 0.1) is 10.9 Å². The van der Waals surface area contributed by atoms with Gasteiger partial charge in [-0.1, -0.05) is 18.6 Å². The molecule has 1 atom stereocenters. The van der Waals surface area contributed by atoms with Gasteiger partial charge in [-0.2, -0.15) is 9.40 Å². The summed E-state index contributed by atoms with van der Waals surface area (Å²) in [6.07, 6.45) is 4.05. The summed E-state index contributed by atoms with van der Waals surface area (Å²) in [6, 6.07) is 5.27. The number of nitrogens with zero attached hydrogens (tertiary/aromatic N) is 3. The predicted octanol–water partition coefficient (Wildman–Crippen LogP) is 2.34. The lowest BCUT2D eigenvalue weighted by atomic mass is 10.0. The maximum atomic E-state index is 13.1. The Balaban J connectivity index is 2.04. The Morgan fingerprint density at radius 2 is 2.09 bits per heavy atom. The Morgan fingerprint density at radius 3 is 2.82 bits per heavy atom. The quantitative estimate of drug-likeness (QED) is 0.941. The maximum absolute atomic E-state index is 13.1. The highest BCUT2D eigenvalue weighted by molar-refractivity contribution is 7.89. The van der Waals surface area contributed by atoms with Gasteiger partial charge in [0.15, 0.2) is 0 Å². The fraction of sp³-hybridized carbons (Fsp3) is 0.467. The summed E-state index contributed by atoms with van der Waals surface area (Å²) in [5.41, 5.74) is 1.71. The molecule has 0 saturated carbocycles. The molecule has 2 heterocycles. The Morgan fingerprint density at radius 1 is 1.27 bits per heavy atom. The van der Waals surface area contributed by atoms with Crippen molar-refractivity contribution in [3.05, 3.63) is 41.5 Å². The van der Waals surface area contributed by atoms with Crippen LogP contribution in [0.3, 0.4) is 0 Å². The van der Waals surface area contributed by atoms with Crippen LogP contribution in [0.25, 0.3) is 0 Å². The maximum Gasteiger partial charge on any atom is 0.244 e. The SMILES string of the molecule is Cc1ccc(C)c(S(=O)(=O)N2CCCC[C@@H]2c2ncn[nH]2)c1. The van der Waals surface area contributed by atoms with Crippen LogP contribution in [-0.2, 0) is 10.0 Å². The first kappa shape index (κ1) is 15.2. The number of rotatable bonds is 3. The number of aromatic amines is 1. The van der Waals surface area contributed by atoms with Gasteiger partial charge in [0.2, 0.25) is 10.0 Å². The van der Waals surface area contributed by atoms with Gasteiger partial charge in [-0.05, 0) is 43.9 Å². The summed E-state index contributed by atoms with van der Waals surface area (Å²) >= 11 is 0. The number of sulfonamides is 1. The molecular weight excluding hydrogens is 300 g/mol. The van der Waals surface area contributed by atoms with E-state index in [1.165, 1.54) is 6.33 Å². The summed E-state index contributed by atoms with van der Waals surface area (Å²) in [4.78, 5) is 4.55. The number of benzene rings is 1. The average molecular weight is 320 g/mol. The second kappa shape index (κ2) is 5.81. The molecule has 1 aliphatic rings. The summed E-state index contributed by atoms with van der Waals surface area (Å²) in [6.45, 7) is 4.25. The lowest BCUT2D eigenvalue weighted by Gasteiger charge is -2.33. The van der Waals surface area contributed by atoms with Crippen LogP contribution in [0.5, 0.6) is 0 Å². The molecule has 7 heteroatoms. The minimum atomic E-state index is -3.54. The van der Waals surface area contributed by atoms with Crippen molar-refractivity contribution in [1.82, 2.24) is 19.5 Å². The van der Waals surface area contributed by atoms with Crippen LogP contribution >= 0.6 is 0 Å². The van der Waals surface area contributed by atoms with Crippen molar-refractivity contribution < 1.29 is 8.42 Å². The molecule has 22 heavy (non-hydrogen) atoms. The second-order valence-corrected chi connectivity index (χ2v) is 7.63. The first-order chi connectivity index (χ1) is 10.5. The van der Waals surface area contributed by atoms with Crippen molar-refractivity contribution in [2.24, 2.45) is 0 Å². The summed E-state index contributed by atoms with van der Waals surface area (Å²) in [7, 11) is -3.54. The minimum Gasteiger partial charge on any atom is -0.262 e. The Hall–Kier alpha value is -1.73. The lowest BCUT2D eigenvalue weighted by Crippen LogP contribution is -2.39. The summed E-state index contributed by atoms with van der Waals surface area (Å²) in [5, 5.41) is 6.68. The topological polar surface area (TPSA) is 79.0 Å². The van der Waals surface area contributed by atoms with Crippen LogP contribution in [0.2, 0.25) is 0 Å². The van der Waals surface area contributed by atoms with E-state index in [9.17, 15) is 8.42 Å². The van der Waals surface area contributed by atoms with Gasteiger partial charge in [0, 0.05) is 6.54 Å². The van der Waals surface area contributed by atoms with Crippen molar-refractivity contribution >= 4 is 10.0 Å². The molecule has 2 aromatic rings. The summed E-state index contributed by atoms with van der Waals surface area (Å²) in [5.74, 6) is 0.619. The van der Waals surface area contributed by atoms with Crippen molar-refractivity contribution in [1.29, 1.82) is 0 Å². The van der Waals surface area contributed by atoms with Gasteiger partial charge in [-0.3, -0.25) is 5.10 Å². The normalized spacial score (nSPS) is 20.2.